The van der Waals surface area contributed by atoms with Crippen molar-refractivity contribution < 1.29 is 33.9 Å². The average molecular weight is 490 g/mol. The lowest BCUT2D eigenvalue weighted by atomic mass is 9.79. The molecule has 1 aromatic rings. The Morgan fingerprint density at radius 2 is 1.83 bits per heavy atom. The number of carbonyl (C=O) groups is 3. The van der Waals surface area contributed by atoms with Crippen LogP contribution in [0, 0.1) is 16.0 Å². The molecule has 2 atom stereocenters. The van der Waals surface area contributed by atoms with Crippen molar-refractivity contribution in [3.8, 4) is 0 Å². The number of nitro groups is 1. The highest BCUT2D eigenvalue weighted by molar-refractivity contribution is 6.03. The number of rotatable bonds is 10. The van der Waals surface area contributed by atoms with Gasteiger partial charge in [0, 0.05) is 23.4 Å². The Bertz CT molecular complexity index is 1060. The van der Waals surface area contributed by atoms with E-state index in [2.05, 4.69) is 10.6 Å². The standard InChI is InChI=1S/C24H31N3O8/c1-6-34-23(30)20-17(12-28)25-14(5)18(19(20)15-9-8-10-16(11-15)27(32)33)22(29)26-21(13(3)4)24(31)35-7-2/h8-11,13,19,21,25,28H,6-7,12H2,1-5H3,(H,26,29)/t19?,21-/m0/s1. The zero-order valence-electron chi connectivity index (χ0n) is 20.4. The number of nitro benzene ring substituents is 1. The van der Waals surface area contributed by atoms with Gasteiger partial charge in [-0.2, -0.15) is 0 Å². The lowest BCUT2D eigenvalue weighted by Crippen LogP contribution is -2.47. The van der Waals surface area contributed by atoms with E-state index >= 15 is 0 Å². The summed E-state index contributed by atoms with van der Waals surface area (Å²) in [4.78, 5) is 49.8. The van der Waals surface area contributed by atoms with E-state index in [1.807, 2.05) is 0 Å². The second kappa shape index (κ2) is 12.1. The van der Waals surface area contributed by atoms with Crippen LogP contribution in [0.15, 0.2) is 46.8 Å². The summed E-state index contributed by atoms with van der Waals surface area (Å²) < 4.78 is 10.3. The van der Waals surface area contributed by atoms with Crippen molar-refractivity contribution in [1.29, 1.82) is 0 Å². The number of dihydropyridines is 1. The molecule has 35 heavy (non-hydrogen) atoms. The molecule has 1 unspecified atom stereocenters. The summed E-state index contributed by atoms with van der Waals surface area (Å²) in [5.74, 6) is -3.48. The van der Waals surface area contributed by atoms with Crippen LogP contribution < -0.4 is 10.6 Å². The molecule has 1 aliphatic heterocycles. The number of nitrogens with one attached hydrogen (secondary N) is 2. The predicted octanol–water partition coefficient (Wildman–Crippen LogP) is 2.07. The van der Waals surface area contributed by atoms with E-state index in [4.69, 9.17) is 9.47 Å². The number of hydrogen-bond donors (Lipinski definition) is 3. The lowest BCUT2D eigenvalue weighted by Gasteiger charge is -2.32. The summed E-state index contributed by atoms with van der Waals surface area (Å²) in [6.45, 7) is 7.92. The molecule has 0 saturated heterocycles. The van der Waals surface area contributed by atoms with Crippen LogP contribution in [0.5, 0.6) is 0 Å². The number of ether oxygens (including phenoxy) is 2. The topological polar surface area (TPSA) is 157 Å². The minimum Gasteiger partial charge on any atom is -0.464 e. The number of non-ortho nitro benzene ring substituents is 1. The van der Waals surface area contributed by atoms with Crippen molar-refractivity contribution in [3.05, 3.63) is 62.5 Å². The van der Waals surface area contributed by atoms with Gasteiger partial charge in [-0.15, -0.1) is 0 Å². The highest BCUT2D eigenvalue weighted by Crippen LogP contribution is 2.39. The first-order chi connectivity index (χ1) is 16.6. The van der Waals surface area contributed by atoms with Crippen LogP contribution in [-0.4, -0.2) is 53.7 Å². The summed E-state index contributed by atoms with van der Waals surface area (Å²) in [6, 6.07) is 4.57. The molecule has 0 bridgehead atoms. The van der Waals surface area contributed by atoms with Crippen molar-refractivity contribution in [2.45, 2.75) is 46.6 Å². The van der Waals surface area contributed by atoms with E-state index < -0.39 is 41.3 Å². The molecular formula is C24H31N3O8. The first-order valence-corrected chi connectivity index (χ1v) is 11.3. The van der Waals surface area contributed by atoms with E-state index in [9.17, 15) is 29.6 Å². The average Bonchev–Trinajstić information content (AvgIpc) is 2.81. The Morgan fingerprint density at radius 3 is 2.37 bits per heavy atom. The maximum absolute atomic E-state index is 13.6. The Morgan fingerprint density at radius 1 is 1.17 bits per heavy atom. The fourth-order valence-electron chi connectivity index (χ4n) is 3.87. The molecule has 1 aliphatic rings. The summed E-state index contributed by atoms with van der Waals surface area (Å²) in [5.41, 5.74) is 0.459. The molecule has 2 rings (SSSR count). The molecule has 11 heteroatoms. The summed E-state index contributed by atoms with van der Waals surface area (Å²) >= 11 is 0. The van der Waals surface area contributed by atoms with Gasteiger partial charge >= 0.3 is 11.9 Å². The number of benzene rings is 1. The molecule has 190 valence electrons. The molecule has 0 saturated carbocycles. The Balaban J connectivity index is 2.68. The normalized spacial score (nSPS) is 16.5. The van der Waals surface area contributed by atoms with E-state index in [0.29, 0.717) is 5.70 Å². The van der Waals surface area contributed by atoms with Gasteiger partial charge in [-0.1, -0.05) is 26.0 Å². The smallest absolute Gasteiger partial charge is 0.336 e. The second-order valence-electron chi connectivity index (χ2n) is 8.17. The molecule has 11 nitrogen and oxygen atoms in total. The second-order valence-corrected chi connectivity index (χ2v) is 8.17. The molecule has 0 aromatic heterocycles. The third-order valence-electron chi connectivity index (χ3n) is 5.45. The third kappa shape index (κ3) is 6.24. The number of esters is 2. The summed E-state index contributed by atoms with van der Waals surface area (Å²) in [7, 11) is 0. The number of nitrogens with zero attached hydrogens (tertiary/aromatic N) is 1. The Kier molecular flexibility index (Phi) is 9.52. The van der Waals surface area contributed by atoms with Gasteiger partial charge in [0.05, 0.1) is 41.9 Å². The van der Waals surface area contributed by atoms with Gasteiger partial charge in [0.25, 0.3) is 11.6 Å². The van der Waals surface area contributed by atoms with E-state index in [-0.39, 0.29) is 47.2 Å². The largest absolute Gasteiger partial charge is 0.464 e. The molecule has 0 spiro atoms. The molecule has 1 amide bonds. The number of carbonyl (C=O) groups excluding carboxylic acids is 3. The zero-order chi connectivity index (χ0) is 26.3. The molecule has 0 aliphatic carbocycles. The third-order valence-corrected chi connectivity index (χ3v) is 5.45. The Labute approximate surface area is 203 Å². The molecule has 0 radical (unpaired) electrons. The van der Waals surface area contributed by atoms with Crippen molar-refractivity contribution in [2.24, 2.45) is 5.92 Å². The van der Waals surface area contributed by atoms with Crippen molar-refractivity contribution in [2.75, 3.05) is 19.8 Å². The van der Waals surface area contributed by atoms with Gasteiger partial charge in [0.2, 0.25) is 0 Å². The summed E-state index contributed by atoms with van der Waals surface area (Å²) in [5, 5.41) is 26.9. The van der Waals surface area contributed by atoms with Gasteiger partial charge in [0.1, 0.15) is 6.04 Å². The highest BCUT2D eigenvalue weighted by Gasteiger charge is 2.40. The van der Waals surface area contributed by atoms with Gasteiger partial charge in [0.15, 0.2) is 0 Å². The first kappa shape index (κ1) is 27.5. The molecule has 3 N–H and O–H groups in total. The minimum atomic E-state index is -1.10. The maximum Gasteiger partial charge on any atom is 0.336 e. The van der Waals surface area contributed by atoms with E-state index in [1.165, 1.54) is 18.2 Å². The van der Waals surface area contributed by atoms with Crippen LogP contribution in [0.3, 0.4) is 0 Å². The maximum atomic E-state index is 13.6. The Hall–Kier alpha value is -3.73. The van der Waals surface area contributed by atoms with Gasteiger partial charge < -0.3 is 25.2 Å². The van der Waals surface area contributed by atoms with Crippen LogP contribution >= 0.6 is 0 Å². The quantitative estimate of drug-likeness (QED) is 0.254. The van der Waals surface area contributed by atoms with Crippen molar-refractivity contribution in [1.82, 2.24) is 10.6 Å². The number of hydrogen-bond acceptors (Lipinski definition) is 9. The lowest BCUT2D eigenvalue weighted by molar-refractivity contribution is -0.384. The van der Waals surface area contributed by atoms with E-state index in [1.54, 1.807) is 40.7 Å². The summed E-state index contributed by atoms with van der Waals surface area (Å²) in [6.07, 6.45) is 0. The number of allylic oxidation sites excluding steroid dienone is 1. The molecule has 1 aromatic carbocycles. The van der Waals surface area contributed by atoms with Gasteiger partial charge in [-0.3, -0.25) is 14.9 Å². The van der Waals surface area contributed by atoms with Gasteiger partial charge in [-0.05, 0) is 32.3 Å². The highest BCUT2D eigenvalue weighted by atomic mass is 16.6. The predicted molar refractivity (Wildman–Crippen MR) is 126 cm³/mol. The monoisotopic (exact) mass is 489 g/mol. The zero-order valence-corrected chi connectivity index (χ0v) is 20.4. The van der Waals surface area contributed by atoms with Crippen molar-refractivity contribution in [3.63, 3.8) is 0 Å². The van der Waals surface area contributed by atoms with Crippen LogP contribution in [0.1, 0.15) is 46.1 Å². The van der Waals surface area contributed by atoms with Crippen LogP contribution in [0.4, 0.5) is 5.69 Å². The van der Waals surface area contributed by atoms with Crippen LogP contribution in [0.2, 0.25) is 0 Å². The van der Waals surface area contributed by atoms with E-state index in [0.717, 1.165) is 0 Å². The fraction of sp³-hybridized carbons (Fsp3) is 0.458. The minimum absolute atomic E-state index is 0.0329. The molecular weight excluding hydrogens is 458 g/mol. The number of aliphatic hydroxyl groups excluding tert-OH is 1. The van der Waals surface area contributed by atoms with Crippen molar-refractivity contribution >= 4 is 23.5 Å². The number of aliphatic hydroxyl groups is 1. The fourth-order valence-corrected chi connectivity index (χ4v) is 3.87. The molecule has 1 heterocycles. The van der Waals surface area contributed by atoms with Crippen LogP contribution in [0.25, 0.3) is 0 Å². The first-order valence-electron chi connectivity index (χ1n) is 11.3. The SMILES string of the molecule is CCOC(=O)C1=C(CO)NC(C)=C(C(=O)N[C@H](C(=O)OCC)C(C)C)C1c1cccc([N+](=O)[O-])c1. The molecule has 0 fully saturated rings. The van der Waals surface area contributed by atoms with Crippen LogP contribution in [-0.2, 0) is 23.9 Å². The van der Waals surface area contributed by atoms with Gasteiger partial charge in [-0.25, -0.2) is 9.59 Å². The number of amides is 1.